The van der Waals surface area contributed by atoms with E-state index >= 15 is 0 Å². The van der Waals surface area contributed by atoms with Crippen LogP contribution in [0.25, 0.3) is 6.08 Å². The molecular formula is C26H38ClNO7. The Morgan fingerprint density at radius 1 is 1.29 bits per heavy atom. The average Bonchev–Trinajstić information content (AvgIpc) is 3.20. The summed E-state index contributed by atoms with van der Waals surface area (Å²) in [5.41, 5.74) is 0.196. The molecule has 0 saturated heterocycles. The predicted octanol–water partition coefficient (Wildman–Crippen LogP) is 4.35. The smallest absolute Gasteiger partial charge is 0.309 e. The largest absolute Gasteiger partial charge is 0.456 e. The molecule has 0 unspecified atom stereocenters. The first kappa shape index (κ1) is 29.2. The molecule has 0 bridgehead atoms. The number of ketones is 1. The van der Waals surface area contributed by atoms with Crippen LogP contribution < -0.4 is 0 Å². The molecule has 2 N–H and O–H groups in total. The van der Waals surface area contributed by atoms with E-state index in [4.69, 9.17) is 25.5 Å². The minimum absolute atomic E-state index is 0.251. The van der Waals surface area contributed by atoms with Crippen molar-refractivity contribution < 1.29 is 33.7 Å². The number of carbonyl (C=O) groups is 2. The Bertz CT molecular complexity index is 936. The summed E-state index contributed by atoms with van der Waals surface area (Å²) >= 11 is 6.51. The fraction of sp³-hybridized carbons (Fsp3) is 0.654. The first-order valence-corrected chi connectivity index (χ1v) is 12.4. The van der Waals surface area contributed by atoms with Crippen molar-refractivity contribution in [1.29, 1.82) is 0 Å². The highest BCUT2D eigenvalue weighted by Crippen LogP contribution is 2.32. The van der Waals surface area contributed by atoms with Gasteiger partial charge in [0.15, 0.2) is 5.89 Å². The van der Waals surface area contributed by atoms with Gasteiger partial charge in [-0.1, -0.05) is 44.0 Å². The molecule has 0 fully saturated rings. The number of aromatic nitrogens is 1. The highest BCUT2D eigenvalue weighted by molar-refractivity contribution is 6.32. The topological polar surface area (TPSA) is 119 Å². The third-order valence-corrected chi connectivity index (χ3v) is 6.91. The fourth-order valence-electron chi connectivity index (χ4n) is 3.98. The van der Waals surface area contributed by atoms with Crippen LogP contribution in [0.2, 0.25) is 0 Å². The van der Waals surface area contributed by atoms with Gasteiger partial charge >= 0.3 is 5.97 Å². The van der Waals surface area contributed by atoms with Crippen LogP contribution in [-0.4, -0.2) is 58.0 Å². The summed E-state index contributed by atoms with van der Waals surface area (Å²) in [6.07, 6.45) is 2.08. The lowest BCUT2D eigenvalue weighted by Gasteiger charge is -2.35. The van der Waals surface area contributed by atoms with E-state index in [9.17, 15) is 19.8 Å². The highest BCUT2D eigenvalue weighted by Gasteiger charge is 2.43. The molecule has 9 heteroatoms. The molecule has 35 heavy (non-hydrogen) atoms. The molecule has 1 aromatic heterocycles. The monoisotopic (exact) mass is 511 g/mol. The number of aryl methyl sites for hydroxylation is 1. The molecule has 0 spiro atoms. The van der Waals surface area contributed by atoms with Crippen molar-refractivity contribution in [3.05, 3.63) is 34.5 Å². The number of halogens is 1. The van der Waals surface area contributed by atoms with Gasteiger partial charge in [0.2, 0.25) is 0 Å². The van der Waals surface area contributed by atoms with Gasteiger partial charge in [0, 0.05) is 19.3 Å². The number of cyclic esters (lactones) is 1. The Hall–Kier alpha value is -2.00. The lowest BCUT2D eigenvalue weighted by atomic mass is 9.73. The SMILES string of the molecule is CC[C@H]1C(=O)C(C)(C)[C@@H](O)CC(=O)O[C@H](/C(Cl)=C/c2coc(C)n2)C/C=C(/C)CCO[C@H](C)[C@H]1O. The molecule has 2 rings (SSSR count). The molecule has 0 radical (unpaired) electrons. The summed E-state index contributed by atoms with van der Waals surface area (Å²) < 4.78 is 16.7. The molecule has 2 heterocycles. The van der Waals surface area contributed by atoms with Gasteiger partial charge in [-0.05, 0) is 32.8 Å². The number of Topliss-reactive ketones (excluding diaryl/α,β-unsaturated/α-hetero) is 1. The fourth-order valence-corrected chi connectivity index (χ4v) is 4.23. The summed E-state index contributed by atoms with van der Waals surface area (Å²) in [4.78, 5) is 30.3. The van der Waals surface area contributed by atoms with Crippen LogP contribution in [0.15, 0.2) is 27.4 Å². The van der Waals surface area contributed by atoms with E-state index in [0.29, 0.717) is 37.5 Å². The third-order valence-electron chi connectivity index (χ3n) is 6.56. The number of carbonyl (C=O) groups excluding carboxylic acids is 2. The molecule has 5 atom stereocenters. The van der Waals surface area contributed by atoms with Crippen LogP contribution in [0, 0.1) is 18.3 Å². The van der Waals surface area contributed by atoms with Crippen molar-refractivity contribution in [2.24, 2.45) is 11.3 Å². The van der Waals surface area contributed by atoms with E-state index in [1.54, 1.807) is 40.7 Å². The number of hydrogen-bond acceptors (Lipinski definition) is 8. The third kappa shape index (κ3) is 8.00. The second kappa shape index (κ2) is 12.8. The average molecular weight is 512 g/mol. The maximum Gasteiger partial charge on any atom is 0.309 e. The van der Waals surface area contributed by atoms with E-state index in [1.807, 2.05) is 13.0 Å². The van der Waals surface area contributed by atoms with Crippen molar-refractivity contribution in [2.45, 2.75) is 91.6 Å². The molecule has 196 valence electrons. The molecule has 1 aromatic rings. The van der Waals surface area contributed by atoms with Gasteiger partial charge in [-0.2, -0.15) is 0 Å². The number of aliphatic hydroxyl groups is 2. The van der Waals surface area contributed by atoms with Crippen LogP contribution in [0.1, 0.15) is 71.9 Å². The van der Waals surface area contributed by atoms with Crippen LogP contribution in [-0.2, 0) is 19.1 Å². The van der Waals surface area contributed by atoms with Gasteiger partial charge in [-0.15, -0.1) is 0 Å². The number of aliphatic hydroxyl groups excluding tert-OH is 2. The summed E-state index contributed by atoms with van der Waals surface area (Å²) in [7, 11) is 0. The Kier molecular flexibility index (Phi) is 10.7. The van der Waals surface area contributed by atoms with E-state index in [-0.39, 0.29) is 10.8 Å². The molecule has 1 aliphatic rings. The lowest BCUT2D eigenvalue weighted by Crippen LogP contribution is -2.47. The van der Waals surface area contributed by atoms with Crippen molar-refractivity contribution >= 4 is 29.4 Å². The Morgan fingerprint density at radius 3 is 2.57 bits per heavy atom. The molecular weight excluding hydrogens is 474 g/mol. The number of ether oxygens (including phenoxy) is 2. The second-order valence-electron chi connectivity index (χ2n) is 9.72. The Labute approximate surface area is 212 Å². The molecule has 0 aromatic carbocycles. The molecule has 0 aliphatic carbocycles. The van der Waals surface area contributed by atoms with E-state index < -0.39 is 48.1 Å². The summed E-state index contributed by atoms with van der Waals surface area (Å²) in [5.74, 6) is -1.28. The van der Waals surface area contributed by atoms with Crippen molar-refractivity contribution in [3.8, 4) is 0 Å². The first-order chi connectivity index (χ1) is 16.4. The number of rotatable bonds is 3. The minimum Gasteiger partial charge on any atom is -0.456 e. The molecule has 8 nitrogen and oxygen atoms in total. The summed E-state index contributed by atoms with van der Waals surface area (Å²) in [6.45, 7) is 10.7. The predicted molar refractivity (Wildman–Crippen MR) is 133 cm³/mol. The van der Waals surface area contributed by atoms with Crippen molar-refractivity contribution in [1.82, 2.24) is 4.98 Å². The van der Waals surface area contributed by atoms with Crippen molar-refractivity contribution in [3.63, 3.8) is 0 Å². The zero-order valence-corrected chi connectivity index (χ0v) is 22.2. The zero-order valence-electron chi connectivity index (χ0n) is 21.4. The standard InChI is InChI=1S/C26H38ClNO7/c1-7-19-24(31)16(3)33-11-10-15(2)8-9-21(20(27)12-18-14-34-17(4)28-18)35-23(30)13-22(29)26(5,6)25(19)32/h8,12,14,16,19,21-22,24,29,31H,7,9-11,13H2,1-6H3/b15-8-,20-12-/t16-,19-,21+,22+,24-/m1/s1. The first-order valence-electron chi connectivity index (χ1n) is 12.0. The normalized spacial score (nSPS) is 31.5. The number of nitrogens with zero attached hydrogens (tertiary/aromatic N) is 1. The van der Waals surface area contributed by atoms with E-state index in [1.165, 1.54) is 6.26 Å². The highest BCUT2D eigenvalue weighted by atomic mass is 35.5. The Balaban J connectivity index is 2.35. The van der Waals surface area contributed by atoms with Crippen LogP contribution in [0.5, 0.6) is 0 Å². The van der Waals surface area contributed by atoms with Gasteiger partial charge in [-0.25, -0.2) is 4.98 Å². The quantitative estimate of drug-likeness (QED) is 0.454. The summed E-state index contributed by atoms with van der Waals surface area (Å²) in [6, 6.07) is 0. The van der Waals surface area contributed by atoms with Gasteiger partial charge in [0.05, 0.1) is 41.8 Å². The van der Waals surface area contributed by atoms with Gasteiger partial charge in [0.1, 0.15) is 23.8 Å². The van der Waals surface area contributed by atoms with Crippen LogP contribution >= 0.6 is 11.6 Å². The zero-order chi connectivity index (χ0) is 26.3. The molecule has 0 saturated carbocycles. The maximum absolute atomic E-state index is 13.3. The lowest BCUT2D eigenvalue weighted by molar-refractivity contribution is -0.155. The number of esters is 1. The minimum atomic E-state index is -1.31. The van der Waals surface area contributed by atoms with Gasteiger partial charge in [-0.3, -0.25) is 9.59 Å². The number of oxazole rings is 1. The number of hydrogen-bond donors (Lipinski definition) is 2. The second-order valence-corrected chi connectivity index (χ2v) is 10.2. The van der Waals surface area contributed by atoms with Crippen LogP contribution in [0.4, 0.5) is 0 Å². The van der Waals surface area contributed by atoms with Gasteiger partial charge in [0.25, 0.3) is 0 Å². The van der Waals surface area contributed by atoms with Gasteiger partial charge < -0.3 is 24.1 Å². The maximum atomic E-state index is 13.3. The molecule has 0 amide bonds. The van der Waals surface area contributed by atoms with E-state index in [2.05, 4.69) is 4.98 Å². The summed E-state index contributed by atoms with van der Waals surface area (Å²) in [5, 5.41) is 21.9. The van der Waals surface area contributed by atoms with E-state index in [0.717, 1.165) is 5.57 Å². The molecule has 1 aliphatic heterocycles. The Morgan fingerprint density at radius 2 is 1.97 bits per heavy atom. The van der Waals surface area contributed by atoms with Crippen LogP contribution in [0.3, 0.4) is 0 Å². The van der Waals surface area contributed by atoms with Crippen molar-refractivity contribution in [2.75, 3.05) is 6.61 Å².